The summed E-state index contributed by atoms with van der Waals surface area (Å²) in [6.07, 6.45) is 4.39. The van der Waals surface area contributed by atoms with Gasteiger partial charge in [0.25, 0.3) is 5.91 Å². The van der Waals surface area contributed by atoms with E-state index >= 15 is 0 Å². The van der Waals surface area contributed by atoms with Crippen LogP contribution in [-0.2, 0) is 0 Å². The SMILES string of the molecule is COc1cc(C(=O)N2CCC(N)C2)cc(-c2cnn3ccc(-c4cccs4)nc23)n1. The number of nitrogens with two attached hydrogens (primary N) is 1. The molecule has 0 spiro atoms. The summed E-state index contributed by atoms with van der Waals surface area (Å²) in [6.45, 7) is 1.21. The van der Waals surface area contributed by atoms with Gasteiger partial charge in [0.1, 0.15) is 0 Å². The van der Waals surface area contributed by atoms with Gasteiger partial charge in [0, 0.05) is 37.0 Å². The summed E-state index contributed by atoms with van der Waals surface area (Å²) in [5.41, 5.74) is 9.35. The molecule has 8 nitrogen and oxygen atoms in total. The molecule has 0 aromatic carbocycles. The van der Waals surface area contributed by atoms with Crippen LogP contribution in [0.25, 0.3) is 27.5 Å². The van der Waals surface area contributed by atoms with Crippen molar-refractivity contribution in [2.75, 3.05) is 20.2 Å². The average molecular weight is 420 g/mol. The van der Waals surface area contributed by atoms with Crippen molar-refractivity contribution >= 4 is 22.9 Å². The third-order valence-corrected chi connectivity index (χ3v) is 6.08. The first-order chi connectivity index (χ1) is 14.6. The van der Waals surface area contributed by atoms with Gasteiger partial charge in [-0.25, -0.2) is 14.5 Å². The lowest BCUT2D eigenvalue weighted by Gasteiger charge is -2.16. The van der Waals surface area contributed by atoms with Crippen LogP contribution in [0.5, 0.6) is 5.88 Å². The Kier molecular flexibility index (Phi) is 4.68. The molecule has 1 unspecified atom stereocenters. The number of ether oxygens (including phenoxy) is 1. The van der Waals surface area contributed by atoms with Crippen molar-refractivity contribution in [2.24, 2.45) is 5.73 Å². The summed E-state index contributed by atoms with van der Waals surface area (Å²) in [6, 6.07) is 9.41. The number of carbonyl (C=O) groups is 1. The average Bonchev–Trinajstić information content (AvgIpc) is 3.53. The summed E-state index contributed by atoms with van der Waals surface area (Å²) >= 11 is 1.63. The van der Waals surface area contributed by atoms with E-state index in [0.717, 1.165) is 22.6 Å². The van der Waals surface area contributed by atoms with Crippen LogP contribution in [0.1, 0.15) is 16.8 Å². The van der Waals surface area contributed by atoms with Crippen molar-refractivity contribution in [1.82, 2.24) is 24.5 Å². The Hall–Kier alpha value is -3.30. The number of carbonyl (C=O) groups excluding carboxylic acids is 1. The van der Waals surface area contributed by atoms with E-state index in [1.165, 1.54) is 7.11 Å². The monoisotopic (exact) mass is 420 g/mol. The van der Waals surface area contributed by atoms with Crippen molar-refractivity contribution in [1.29, 1.82) is 0 Å². The third kappa shape index (κ3) is 3.31. The Bertz CT molecular complexity index is 1220. The number of hydrogen-bond donors (Lipinski definition) is 1. The van der Waals surface area contributed by atoms with Crippen LogP contribution in [0.4, 0.5) is 0 Å². The number of likely N-dealkylation sites (tertiary alicyclic amines) is 1. The second-order valence-electron chi connectivity index (χ2n) is 7.20. The van der Waals surface area contributed by atoms with Gasteiger partial charge >= 0.3 is 0 Å². The molecule has 2 N–H and O–H groups in total. The Labute approximate surface area is 176 Å². The molecule has 1 atom stereocenters. The third-order valence-electron chi connectivity index (χ3n) is 5.19. The summed E-state index contributed by atoms with van der Waals surface area (Å²) in [4.78, 5) is 25.2. The van der Waals surface area contributed by atoms with Crippen LogP contribution in [0.2, 0.25) is 0 Å². The van der Waals surface area contributed by atoms with Crippen molar-refractivity contribution in [2.45, 2.75) is 12.5 Å². The van der Waals surface area contributed by atoms with Gasteiger partial charge in [0.15, 0.2) is 5.65 Å². The van der Waals surface area contributed by atoms with E-state index in [4.69, 9.17) is 15.5 Å². The van der Waals surface area contributed by atoms with Gasteiger partial charge < -0.3 is 15.4 Å². The van der Waals surface area contributed by atoms with E-state index in [1.807, 2.05) is 29.8 Å². The van der Waals surface area contributed by atoms with E-state index in [-0.39, 0.29) is 11.9 Å². The molecule has 1 saturated heterocycles. The van der Waals surface area contributed by atoms with Crippen LogP contribution in [0.15, 0.2) is 48.1 Å². The maximum atomic E-state index is 13.0. The highest BCUT2D eigenvalue weighted by molar-refractivity contribution is 7.13. The minimum atomic E-state index is -0.0754. The molecular weight excluding hydrogens is 400 g/mol. The van der Waals surface area contributed by atoms with Crippen molar-refractivity contribution in [3.05, 3.63) is 53.7 Å². The molecule has 0 radical (unpaired) electrons. The maximum absolute atomic E-state index is 13.0. The Morgan fingerprint density at radius 2 is 2.17 bits per heavy atom. The second kappa shape index (κ2) is 7.51. The number of pyridine rings is 1. The number of fused-ring (bicyclic) bond motifs is 1. The molecule has 1 aliphatic heterocycles. The minimum Gasteiger partial charge on any atom is -0.481 e. The number of aromatic nitrogens is 4. The zero-order chi connectivity index (χ0) is 20.7. The summed E-state index contributed by atoms with van der Waals surface area (Å²) in [5.74, 6) is 0.293. The summed E-state index contributed by atoms with van der Waals surface area (Å²) in [7, 11) is 1.54. The Morgan fingerprint density at radius 1 is 1.27 bits per heavy atom. The highest BCUT2D eigenvalue weighted by Gasteiger charge is 2.26. The van der Waals surface area contributed by atoms with Crippen molar-refractivity contribution in [3.63, 3.8) is 0 Å². The van der Waals surface area contributed by atoms with E-state index in [2.05, 4.69) is 10.1 Å². The van der Waals surface area contributed by atoms with Crippen LogP contribution in [0.3, 0.4) is 0 Å². The van der Waals surface area contributed by atoms with Gasteiger partial charge in [-0.2, -0.15) is 5.10 Å². The minimum absolute atomic E-state index is 0.0247. The smallest absolute Gasteiger partial charge is 0.254 e. The Morgan fingerprint density at radius 3 is 2.90 bits per heavy atom. The number of nitrogens with zero attached hydrogens (tertiary/aromatic N) is 5. The fourth-order valence-corrected chi connectivity index (χ4v) is 4.33. The molecule has 1 aliphatic rings. The van der Waals surface area contributed by atoms with Crippen LogP contribution in [-0.4, -0.2) is 56.6 Å². The zero-order valence-electron chi connectivity index (χ0n) is 16.4. The van der Waals surface area contributed by atoms with Crippen LogP contribution >= 0.6 is 11.3 Å². The topological polar surface area (TPSA) is 98.6 Å². The van der Waals surface area contributed by atoms with Gasteiger partial charge in [-0.3, -0.25) is 4.79 Å². The highest BCUT2D eigenvalue weighted by Crippen LogP contribution is 2.29. The molecule has 152 valence electrons. The molecule has 9 heteroatoms. The molecule has 5 rings (SSSR count). The fourth-order valence-electron chi connectivity index (χ4n) is 3.64. The number of amides is 1. The number of rotatable bonds is 4. The van der Waals surface area contributed by atoms with E-state index in [1.54, 1.807) is 39.1 Å². The quantitative estimate of drug-likeness (QED) is 0.545. The standard InChI is InChI=1S/C21H20N6O2S/c1-29-19-10-13(21(28)26-6-4-14(22)12-26)9-17(24-19)15-11-23-27-7-5-16(25-20(15)27)18-3-2-8-30-18/h2-3,5,7-11,14H,4,6,12,22H2,1H3. The van der Waals surface area contributed by atoms with E-state index in [9.17, 15) is 4.79 Å². The maximum Gasteiger partial charge on any atom is 0.254 e. The molecule has 0 aliphatic carbocycles. The summed E-state index contributed by atoms with van der Waals surface area (Å²) < 4.78 is 7.07. The second-order valence-corrected chi connectivity index (χ2v) is 8.15. The van der Waals surface area contributed by atoms with Crippen LogP contribution in [0, 0.1) is 0 Å². The van der Waals surface area contributed by atoms with E-state index in [0.29, 0.717) is 35.9 Å². The Balaban J connectivity index is 1.59. The lowest BCUT2D eigenvalue weighted by Crippen LogP contribution is -2.31. The van der Waals surface area contributed by atoms with Gasteiger partial charge in [-0.15, -0.1) is 11.3 Å². The normalized spacial score (nSPS) is 16.3. The molecule has 0 bridgehead atoms. The molecule has 1 fully saturated rings. The zero-order valence-corrected chi connectivity index (χ0v) is 17.2. The van der Waals surface area contributed by atoms with Crippen LogP contribution < -0.4 is 10.5 Å². The molecule has 30 heavy (non-hydrogen) atoms. The van der Waals surface area contributed by atoms with Gasteiger partial charge in [-0.05, 0) is 30.0 Å². The molecule has 5 heterocycles. The first-order valence-corrected chi connectivity index (χ1v) is 10.5. The first kappa shape index (κ1) is 18.7. The van der Waals surface area contributed by atoms with Gasteiger partial charge in [0.2, 0.25) is 5.88 Å². The lowest BCUT2D eigenvalue weighted by atomic mass is 10.1. The molecule has 4 aromatic heterocycles. The molecule has 0 saturated carbocycles. The predicted molar refractivity (Wildman–Crippen MR) is 115 cm³/mol. The number of thiophene rings is 1. The lowest BCUT2D eigenvalue weighted by molar-refractivity contribution is 0.0790. The number of methoxy groups -OCH3 is 1. The first-order valence-electron chi connectivity index (χ1n) is 9.62. The van der Waals surface area contributed by atoms with Crippen molar-refractivity contribution in [3.8, 4) is 27.7 Å². The highest BCUT2D eigenvalue weighted by atomic mass is 32.1. The predicted octanol–water partition coefficient (Wildman–Crippen LogP) is 2.70. The number of hydrogen-bond acceptors (Lipinski definition) is 7. The fraction of sp³-hybridized carbons (Fsp3) is 0.238. The van der Waals surface area contributed by atoms with E-state index < -0.39 is 0 Å². The summed E-state index contributed by atoms with van der Waals surface area (Å²) in [5, 5.41) is 6.42. The van der Waals surface area contributed by atoms with Gasteiger partial charge in [-0.1, -0.05) is 6.07 Å². The largest absolute Gasteiger partial charge is 0.481 e. The van der Waals surface area contributed by atoms with Crippen molar-refractivity contribution < 1.29 is 9.53 Å². The van der Waals surface area contributed by atoms with Gasteiger partial charge in [0.05, 0.1) is 35.1 Å². The molecular formula is C21H20N6O2S. The molecule has 4 aromatic rings. The molecule has 1 amide bonds.